The Balaban J connectivity index is 1.82. The van der Waals surface area contributed by atoms with Gasteiger partial charge in [-0.05, 0) is 36.4 Å². The van der Waals surface area contributed by atoms with Gasteiger partial charge in [0.25, 0.3) is 11.6 Å². The average molecular weight is 395 g/mol. The number of esters is 1. The topological polar surface area (TPSA) is 117 Å². The molecule has 0 saturated carbocycles. The van der Waals surface area contributed by atoms with Crippen molar-refractivity contribution in [3.05, 3.63) is 57.6 Å². The lowest BCUT2D eigenvalue weighted by atomic mass is 10.2. The van der Waals surface area contributed by atoms with Gasteiger partial charge in [0.1, 0.15) is 17.2 Å². The maximum atomic E-state index is 11.8. The number of anilines is 1. The molecule has 1 N–H and O–H groups in total. The normalized spacial score (nSPS) is 10.0. The highest BCUT2D eigenvalue weighted by molar-refractivity contribution is 6.31. The molecule has 0 aliphatic rings. The van der Waals surface area contributed by atoms with E-state index in [9.17, 15) is 19.7 Å². The Labute approximate surface area is 158 Å². The molecule has 0 radical (unpaired) electrons. The number of nitro benzene ring substituents is 1. The summed E-state index contributed by atoms with van der Waals surface area (Å²) in [5.41, 5.74) is -0.426. The van der Waals surface area contributed by atoms with E-state index >= 15 is 0 Å². The summed E-state index contributed by atoms with van der Waals surface area (Å²) in [5, 5.41) is 13.4. The van der Waals surface area contributed by atoms with E-state index < -0.39 is 30.0 Å². The molecule has 0 aliphatic carbocycles. The molecular weight excluding hydrogens is 380 g/mol. The molecule has 9 nitrogen and oxygen atoms in total. The lowest BCUT2D eigenvalue weighted by Gasteiger charge is -2.09. The number of carbonyl (C=O) groups is 2. The lowest BCUT2D eigenvalue weighted by molar-refractivity contribution is -0.383. The second-order valence-electron chi connectivity index (χ2n) is 5.09. The fourth-order valence-electron chi connectivity index (χ4n) is 1.96. The number of hydrogen-bond acceptors (Lipinski definition) is 7. The summed E-state index contributed by atoms with van der Waals surface area (Å²) in [6, 6.07) is 10.2. The number of carbonyl (C=O) groups excluding carboxylic acids is 2. The zero-order valence-corrected chi connectivity index (χ0v) is 14.9. The van der Waals surface area contributed by atoms with Crippen molar-refractivity contribution in [2.24, 2.45) is 0 Å². The summed E-state index contributed by atoms with van der Waals surface area (Å²) in [6.07, 6.45) is 0. The molecule has 1 amide bonds. The Hall–Kier alpha value is -3.33. The number of nitro groups is 1. The van der Waals surface area contributed by atoms with Gasteiger partial charge in [0.2, 0.25) is 0 Å². The Bertz CT molecular complexity index is 840. The van der Waals surface area contributed by atoms with Crippen molar-refractivity contribution in [1.82, 2.24) is 0 Å². The van der Waals surface area contributed by atoms with Gasteiger partial charge in [0, 0.05) is 11.1 Å². The van der Waals surface area contributed by atoms with Gasteiger partial charge in [-0.2, -0.15) is 0 Å². The molecule has 0 heterocycles. The first-order chi connectivity index (χ1) is 12.9. The zero-order valence-electron chi connectivity index (χ0n) is 14.1. The molecule has 0 atom stereocenters. The third-order valence-electron chi connectivity index (χ3n) is 3.21. The van der Waals surface area contributed by atoms with E-state index in [4.69, 9.17) is 25.8 Å². The molecule has 0 saturated heterocycles. The summed E-state index contributed by atoms with van der Waals surface area (Å²) in [7, 11) is 1.52. The number of nitrogens with one attached hydrogen (secondary N) is 1. The van der Waals surface area contributed by atoms with E-state index in [1.165, 1.54) is 19.2 Å². The standard InChI is InChI=1S/C17H15ClN2O7/c1-25-12-3-5-13(6-4-12)26-10-17(22)27-9-16(21)19-14-8-11(18)2-7-15(14)20(23)24/h2-8H,9-10H2,1H3,(H,19,21). The SMILES string of the molecule is COc1ccc(OCC(=O)OCC(=O)Nc2cc(Cl)ccc2[N+](=O)[O-])cc1. The zero-order chi connectivity index (χ0) is 19.8. The summed E-state index contributed by atoms with van der Waals surface area (Å²) in [6.45, 7) is -1.04. The summed E-state index contributed by atoms with van der Waals surface area (Å²) in [5.74, 6) is -0.469. The van der Waals surface area contributed by atoms with Crippen molar-refractivity contribution in [2.75, 3.05) is 25.6 Å². The third-order valence-corrected chi connectivity index (χ3v) is 3.44. The minimum absolute atomic E-state index is 0.0944. The first-order valence-corrected chi connectivity index (χ1v) is 7.93. The van der Waals surface area contributed by atoms with Gasteiger partial charge >= 0.3 is 5.97 Å². The van der Waals surface area contributed by atoms with Crippen LogP contribution in [0.5, 0.6) is 11.5 Å². The second kappa shape index (κ2) is 9.39. The molecule has 0 aliphatic heterocycles. The molecule has 0 unspecified atom stereocenters. The van der Waals surface area contributed by atoms with Crippen molar-refractivity contribution in [3.63, 3.8) is 0 Å². The van der Waals surface area contributed by atoms with Crippen LogP contribution < -0.4 is 14.8 Å². The number of halogens is 1. The minimum Gasteiger partial charge on any atom is -0.497 e. The fourth-order valence-corrected chi connectivity index (χ4v) is 2.13. The van der Waals surface area contributed by atoms with Gasteiger partial charge in [-0.15, -0.1) is 0 Å². The monoisotopic (exact) mass is 394 g/mol. The molecule has 2 aromatic carbocycles. The Morgan fingerprint density at radius 1 is 1.11 bits per heavy atom. The molecule has 0 bridgehead atoms. The van der Waals surface area contributed by atoms with Crippen LogP contribution in [0.1, 0.15) is 0 Å². The van der Waals surface area contributed by atoms with E-state index in [-0.39, 0.29) is 16.4 Å². The van der Waals surface area contributed by atoms with Crippen molar-refractivity contribution in [3.8, 4) is 11.5 Å². The predicted octanol–water partition coefficient (Wildman–Crippen LogP) is 2.82. The molecular formula is C17H15ClN2O7. The van der Waals surface area contributed by atoms with E-state index in [1.807, 2.05) is 0 Å². The number of nitrogens with zero attached hydrogens (tertiary/aromatic N) is 1. The number of hydrogen-bond donors (Lipinski definition) is 1. The molecule has 27 heavy (non-hydrogen) atoms. The predicted molar refractivity (Wildman–Crippen MR) is 96.2 cm³/mol. The smallest absolute Gasteiger partial charge is 0.344 e. The van der Waals surface area contributed by atoms with Gasteiger partial charge in [-0.25, -0.2) is 4.79 Å². The van der Waals surface area contributed by atoms with Crippen molar-refractivity contribution in [2.45, 2.75) is 0 Å². The molecule has 2 rings (SSSR count). The lowest BCUT2D eigenvalue weighted by Crippen LogP contribution is -2.24. The number of methoxy groups -OCH3 is 1. The van der Waals surface area contributed by atoms with E-state index in [0.717, 1.165) is 6.07 Å². The summed E-state index contributed by atoms with van der Waals surface area (Å²) >= 11 is 5.77. The minimum atomic E-state index is -0.776. The molecule has 0 fully saturated rings. The molecule has 0 aromatic heterocycles. The van der Waals surface area contributed by atoms with Gasteiger partial charge in [-0.1, -0.05) is 11.6 Å². The van der Waals surface area contributed by atoms with E-state index in [1.54, 1.807) is 24.3 Å². The highest BCUT2D eigenvalue weighted by atomic mass is 35.5. The number of benzene rings is 2. The summed E-state index contributed by atoms with van der Waals surface area (Å²) in [4.78, 5) is 33.8. The van der Waals surface area contributed by atoms with Gasteiger partial charge < -0.3 is 19.5 Å². The third kappa shape index (κ3) is 6.15. The van der Waals surface area contributed by atoms with Crippen molar-refractivity contribution in [1.29, 1.82) is 0 Å². The van der Waals surface area contributed by atoms with E-state index in [0.29, 0.717) is 11.5 Å². The van der Waals surface area contributed by atoms with Crippen LogP contribution in [0.2, 0.25) is 5.02 Å². The van der Waals surface area contributed by atoms with Crippen LogP contribution in [0, 0.1) is 10.1 Å². The maximum Gasteiger partial charge on any atom is 0.344 e. The van der Waals surface area contributed by atoms with Gasteiger partial charge in [0.15, 0.2) is 13.2 Å². The summed E-state index contributed by atoms with van der Waals surface area (Å²) < 4.78 is 15.0. The van der Waals surface area contributed by atoms with E-state index in [2.05, 4.69) is 5.32 Å². The first kappa shape index (κ1) is 20.0. The first-order valence-electron chi connectivity index (χ1n) is 7.55. The Morgan fingerprint density at radius 3 is 2.41 bits per heavy atom. The Morgan fingerprint density at radius 2 is 1.78 bits per heavy atom. The van der Waals surface area contributed by atoms with Crippen LogP contribution >= 0.6 is 11.6 Å². The van der Waals surface area contributed by atoms with Crippen LogP contribution in [0.4, 0.5) is 11.4 Å². The fraction of sp³-hybridized carbons (Fsp3) is 0.176. The second-order valence-corrected chi connectivity index (χ2v) is 5.53. The maximum absolute atomic E-state index is 11.8. The van der Waals surface area contributed by atoms with Crippen LogP contribution in [0.15, 0.2) is 42.5 Å². The molecule has 142 valence electrons. The largest absolute Gasteiger partial charge is 0.497 e. The number of ether oxygens (including phenoxy) is 3. The van der Waals surface area contributed by atoms with Crippen molar-refractivity contribution < 1.29 is 28.7 Å². The quantitative estimate of drug-likeness (QED) is 0.415. The van der Waals surface area contributed by atoms with Crippen LogP contribution in [0.3, 0.4) is 0 Å². The highest BCUT2D eigenvalue weighted by Gasteiger charge is 2.17. The van der Waals surface area contributed by atoms with Gasteiger partial charge in [0.05, 0.1) is 12.0 Å². The average Bonchev–Trinajstić information content (AvgIpc) is 2.65. The number of amides is 1. The van der Waals surface area contributed by atoms with Crippen LogP contribution in [0.25, 0.3) is 0 Å². The highest BCUT2D eigenvalue weighted by Crippen LogP contribution is 2.27. The molecule has 0 spiro atoms. The van der Waals surface area contributed by atoms with Crippen LogP contribution in [-0.2, 0) is 14.3 Å². The van der Waals surface area contributed by atoms with Gasteiger partial charge in [-0.3, -0.25) is 14.9 Å². The van der Waals surface area contributed by atoms with Crippen LogP contribution in [-0.4, -0.2) is 37.1 Å². The molecule has 2 aromatic rings. The molecule has 10 heteroatoms. The Kier molecular flexibility index (Phi) is 6.95. The van der Waals surface area contributed by atoms with Crippen molar-refractivity contribution >= 4 is 34.9 Å². The number of rotatable bonds is 8.